The van der Waals surface area contributed by atoms with Gasteiger partial charge in [0, 0.05) is 37.8 Å². The van der Waals surface area contributed by atoms with Gasteiger partial charge in [0.2, 0.25) is 0 Å². The predicted molar refractivity (Wildman–Crippen MR) is 82.9 cm³/mol. The number of hydrogen-bond acceptors (Lipinski definition) is 4. The maximum Gasteiger partial charge on any atom is 0.133 e. The molecule has 2 aromatic rings. The van der Waals surface area contributed by atoms with Crippen LogP contribution in [0.2, 0.25) is 0 Å². The van der Waals surface area contributed by atoms with Gasteiger partial charge in [-0.1, -0.05) is 42.4 Å². The van der Waals surface area contributed by atoms with Gasteiger partial charge in [0.25, 0.3) is 0 Å². The molecule has 0 radical (unpaired) electrons. The highest BCUT2D eigenvalue weighted by Crippen LogP contribution is 2.26. The summed E-state index contributed by atoms with van der Waals surface area (Å²) < 4.78 is 5.21. The number of nitrogens with one attached hydrogen (secondary N) is 1. The molecule has 1 saturated heterocycles. The van der Waals surface area contributed by atoms with E-state index in [1.807, 2.05) is 13.0 Å². The SMILES string of the molecule is CCC1CN(Cc2cc(C)on2)C(c2ccccc2)CN1. The van der Waals surface area contributed by atoms with Gasteiger partial charge in [-0.2, -0.15) is 0 Å². The molecule has 2 heterocycles. The number of aryl methyl sites for hydroxylation is 1. The fourth-order valence-electron chi connectivity index (χ4n) is 3.03. The van der Waals surface area contributed by atoms with E-state index in [0.29, 0.717) is 12.1 Å². The van der Waals surface area contributed by atoms with Crippen molar-refractivity contribution in [3.05, 3.63) is 53.4 Å². The maximum atomic E-state index is 5.21. The van der Waals surface area contributed by atoms with Gasteiger partial charge in [-0.3, -0.25) is 4.90 Å². The standard InChI is InChI=1S/C17H23N3O/c1-3-15-11-20(12-16-9-13(2)21-19-16)17(10-18-15)14-7-5-4-6-8-14/h4-9,15,17-18H,3,10-12H2,1-2H3. The van der Waals surface area contributed by atoms with Crippen molar-refractivity contribution in [3.8, 4) is 0 Å². The van der Waals surface area contributed by atoms with Gasteiger partial charge < -0.3 is 9.84 Å². The Morgan fingerprint density at radius 2 is 2.14 bits per heavy atom. The van der Waals surface area contributed by atoms with E-state index in [1.54, 1.807) is 0 Å². The van der Waals surface area contributed by atoms with E-state index in [2.05, 4.69) is 52.6 Å². The Kier molecular flexibility index (Phi) is 4.36. The lowest BCUT2D eigenvalue weighted by Crippen LogP contribution is -2.51. The second-order valence-electron chi connectivity index (χ2n) is 5.80. The topological polar surface area (TPSA) is 41.3 Å². The number of rotatable bonds is 4. The highest BCUT2D eigenvalue weighted by atomic mass is 16.5. The highest BCUT2D eigenvalue weighted by Gasteiger charge is 2.28. The third-order valence-electron chi connectivity index (χ3n) is 4.21. The van der Waals surface area contributed by atoms with Crippen LogP contribution in [-0.2, 0) is 6.54 Å². The van der Waals surface area contributed by atoms with Crippen molar-refractivity contribution >= 4 is 0 Å². The Hall–Kier alpha value is -1.65. The Bertz CT molecular complexity index is 566. The van der Waals surface area contributed by atoms with E-state index >= 15 is 0 Å². The molecule has 1 N–H and O–H groups in total. The number of aromatic nitrogens is 1. The molecule has 1 aromatic carbocycles. The second-order valence-corrected chi connectivity index (χ2v) is 5.80. The number of piperazine rings is 1. The lowest BCUT2D eigenvalue weighted by atomic mass is 10.00. The summed E-state index contributed by atoms with van der Waals surface area (Å²) in [5, 5.41) is 7.80. The molecule has 0 spiro atoms. The van der Waals surface area contributed by atoms with Crippen molar-refractivity contribution in [2.24, 2.45) is 0 Å². The molecule has 1 aromatic heterocycles. The molecule has 112 valence electrons. The van der Waals surface area contributed by atoms with Crippen LogP contribution in [0.5, 0.6) is 0 Å². The molecular formula is C17H23N3O. The van der Waals surface area contributed by atoms with Crippen LogP contribution in [0.1, 0.15) is 36.4 Å². The molecule has 3 rings (SSSR count). The number of benzene rings is 1. The second kappa shape index (κ2) is 6.41. The van der Waals surface area contributed by atoms with E-state index in [9.17, 15) is 0 Å². The molecule has 21 heavy (non-hydrogen) atoms. The van der Waals surface area contributed by atoms with Crippen LogP contribution in [0, 0.1) is 6.92 Å². The molecule has 0 saturated carbocycles. The third kappa shape index (κ3) is 3.34. The largest absolute Gasteiger partial charge is 0.361 e. The molecule has 0 amide bonds. The summed E-state index contributed by atoms with van der Waals surface area (Å²) in [4.78, 5) is 2.51. The van der Waals surface area contributed by atoms with Crippen LogP contribution >= 0.6 is 0 Å². The number of hydrogen-bond donors (Lipinski definition) is 1. The summed E-state index contributed by atoms with van der Waals surface area (Å²) in [5.41, 5.74) is 2.38. The first-order valence-electron chi connectivity index (χ1n) is 7.71. The molecule has 0 aliphatic carbocycles. The highest BCUT2D eigenvalue weighted by molar-refractivity contribution is 5.20. The zero-order valence-corrected chi connectivity index (χ0v) is 12.7. The maximum absolute atomic E-state index is 5.21. The minimum atomic E-state index is 0.394. The van der Waals surface area contributed by atoms with Crippen molar-refractivity contribution < 1.29 is 4.52 Å². The molecule has 2 atom stereocenters. The summed E-state index contributed by atoms with van der Waals surface area (Å²) in [5.74, 6) is 0.878. The van der Waals surface area contributed by atoms with Crippen molar-refractivity contribution in [2.45, 2.75) is 38.9 Å². The van der Waals surface area contributed by atoms with Crippen molar-refractivity contribution in [1.29, 1.82) is 0 Å². The van der Waals surface area contributed by atoms with Gasteiger partial charge in [0.1, 0.15) is 5.76 Å². The molecule has 4 nitrogen and oxygen atoms in total. The van der Waals surface area contributed by atoms with Gasteiger partial charge in [0.05, 0.1) is 5.69 Å². The molecular weight excluding hydrogens is 262 g/mol. The van der Waals surface area contributed by atoms with Crippen molar-refractivity contribution in [1.82, 2.24) is 15.4 Å². The van der Waals surface area contributed by atoms with Gasteiger partial charge in [-0.25, -0.2) is 0 Å². The fourth-order valence-corrected chi connectivity index (χ4v) is 3.03. The van der Waals surface area contributed by atoms with E-state index in [1.165, 1.54) is 5.56 Å². The minimum Gasteiger partial charge on any atom is -0.361 e. The van der Waals surface area contributed by atoms with Gasteiger partial charge in [-0.05, 0) is 18.9 Å². The zero-order chi connectivity index (χ0) is 14.7. The Labute approximate surface area is 126 Å². The Morgan fingerprint density at radius 3 is 2.81 bits per heavy atom. The van der Waals surface area contributed by atoms with Crippen LogP contribution in [-0.4, -0.2) is 29.2 Å². The summed E-state index contributed by atoms with van der Waals surface area (Å²) in [6, 6.07) is 13.7. The first kappa shape index (κ1) is 14.3. The molecule has 1 fully saturated rings. The van der Waals surface area contributed by atoms with Crippen molar-refractivity contribution in [2.75, 3.05) is 13.1 Å². The smallest absolute Gasteiger partial charge is 0.133 e. The van der Waals surface area contributed by atoms with E-state index < -0.39 is 0 Å². The Balaban J connectivity index is 1.80. The first-order valence-corrected chi connectivity index (χ1v) is 7.71. The summed E-state index contributed by atoms with van der Waals surface area (Å²) >= 11 is 0. The third-order valence-corrected chi connectivity index (χ3v) is 4.21. The quantitative estimate of drug-likeness (QED) is 0.938. The van der Waals surface area contributed by atoms with Crippen LogP contribution in [0.25, 0.3) is 0 Å². The van der Waals surface area contributed by atoms with E-state index in [4.69, 9.17) is 4.52 Å². The van der Waals surface area contributed by atoms with E-state index in [-0.39, 0.29) is 0 Å². The molecule has 2 unspecified atom stereocenters. The van der Waals surface area contributed by atoms with Gasteiger partial charge in [-0.15, -0.1) is 0 Å². The summed E-state index contributed by atoms with van der Waals surface area (Å²) in [6.07, 6.45) is 1.15. The minimum absolute atomic E-state index is 0.394. The van der Waals surface area contributed by atoms with Crippen LogP contribution < -0.4 is 5.32 Å². The average molecular weight is 285 g/mol. The molecule has 0 bridgehead atoms. The van der Waals surface area contributed by atoms with Crippen LogP contribution in [0.15, 0.2) is 40.9 Å². The Morgan fingerprint density at radius 1 is 1.33 bits per heavy atom. The lowest BCUT2D eigenvalue weighted by Gasteiger charge is -2.40. The van der Waals surface area contributed by atoms with Crippen LogP contribution in [0.4, 0.5) is 0 Å². The normalized spacial score (nSPS) is 23.3. The average Bonchev–Trinajstić information content (AvgIpc) is 2.93. The van der Waals surface area contributed by atoms with Gasteiger partial charge in [0.15, 0.2) is 0 Å². The number of nitrogens with zero attached hydrogens (tertiary/aromatic N) is 2. The first-order chi connectivity index (χ1) is 10.3. The zero-order valence-electron chi connectivity index (χ0n) is 12.7. The predicted octanol–water partition coefficient (Wildman–Crippen LogP) is 2.91. The van der Waals surface area contributed by atoms with Crippen LogP contribution in [0.3, 0.4) is 0 Å². The molecule has 1 aliphatic rings. The lowest BCUT2D eigenvalue weighted by molar-refractivity contribution is 0.118. The monoisotopic (exact) mass is 285 g/mol. The summed E-state index contributed by atoms with van der Waals surface area (Å²) in [7, 11) is 0. The molecule has 4 heteroatoms. The molecule has 1 aliphatic heterocycles. The van der Waals surface area contributed by atoms with E-state index in [0.717, 1.165) is 37.5 Å². The van der Waals surface area contributed by atoms with Crippen molar-refractivity contribution in [3.63, 3.8) is 0 Å². The summed E-state index contributed by atoms with van der Waals surface area (Å²) in [6.45, 7) is 7.05. The van der Waals surface area contributed by atoms with Gasteiger partial charge >= 0.3 is 0 Å². The fraction of sp³-hybridized carbons (Fsp3) is 0.471.